The quantitative estimate of drug-likeness (QED) is 0.0369. The normalized spacial score (nSPS) is 20.3. The number of nitrogens with one attached hydrogen (secondary N) is 1. The lowest BCUT2D eigenvalue weighted by Gasteiger charge is -2.37. The minimum absolute atomic E-state index is 0.0368. The van der Waals surface area contributed by atoms with Crippen LogP contribution in [0.2, 0.25) is 0 Å². The molecule has 3 aromatic carbocycles. The number of hydroxylamine groups is 2. The fourth-order valence-corrected chi connectivity index (χ4v) is 9.76. The smallest absolute Gasteiger partial charge is 0.222 e. The van der Waals surface area contributed by atoms with Crippen LogP contribution in [-0.4, -0.2) is 93.4 Å². The number of piperazine rings is 1. The standard InChI is InChI=1S/C50H70N12O4/c51-37-17-18-41(29-37)62-32-36-11-9-14-46(44(36)35-65-62)55-31-38-33-61(57-56-38)24-8-4-2-1-3-5-16-49(64)59-27-25-58(26-28-59)39-19-21-40(22-20-39)60-23-10-12-42(34-60)66-48(50(53)54)30-45(52)43-13-6-7-15-47(43)63/h6-7,9,11,13-15,19-22,30,33,37,41-42,55,63H,1-5,8,10,12,16-18,23-29,31-32,34-35,51-54H2/b45-30-. The predicted molar refractivity (Wildman–Crippen MR) is 259 cm³/mol. The highest BCUT2D eigenvalue weighted by Crippen LogP contribution is 2.33. The number of allylic oxidation sites excluding steroid dienone is 1. The number of amides is 1. The van der Waals surface area contributed by atoms with Crippen LogP contribution >= 0.6 is 0 Å². The van der Waals surface area contributed by atoms with E-state index in [4.69, 9.17) is 32.5 Å². The number of carbonyl (C=O) groups is 1. The van der Waals surface area contributed by atoms with Crippen LogP contribution in [0.15, 0.2) is 90.6 Å². The Hall–Kier alpha value is -5.97. The number of ether oxygens (including phenoxy) is 1. The van der Waals surface area contributed by atoms with Gasteiger partial charge in [-0.15, -0.1) is 5.10 Å². The van der Waals surface area contributed by atoms with Crippen molar-refractivity contribution in [2.45, 2.75) is 121 Å². The lowest BCUT2D eigenvalue weighted by atomic mass is 10.0. The van der Waals surface area contributed by atoms with Gasteiger partial charge in [0.05, 0.1) is 25.9 Å². The summed E-state index contributed by atoms with van der Waals surface area (Å²) in [6.45, 7) is 7.56. The van der Waals surface area contributed by atoms with E-state index in [-0.39, 0.29) is 29.6 Å². The molecule has 1 amide bonds. The molecule has 1 saturated carbocycles. The summed E-state index contributed by atoms with van der Waals surface area (Å²) in [4.78, 5) is 26.0. The number of benzene rings is 3. The zero-order valence-corrected chi connectivity index (χ0v) is 38.4. The Labute approximate surface area is 389 Å². The number of aromatic hydroxyl groups is 1. The molecule has 3 unspecified atom stereocenters. The monoisotopic (exact) mass is 903 g/mol. The van der Waals surface area contributed by atoms with Gasteiger partial charge < -0.3 is 52.8 Å². The van der Waals surface area contributed by atoms with Crippen molar-refractivity contribution < 1.29 is 19.5 Å². The average molecular weight is 903 g/mol. The summed E-state index contributed by atoms with van der Waals surface area (Å²) in [5.74, 6) is 0.683. The molecule has 4 heterocycles. The number of phenolic OH excluding ortho intramolecular Hbond substituents is 1. The van der Waals surface area contributed by atoms with Gasteiger partial charge in [0.2, 0.25) is 5.91 Å². The van der Waals surface area contributed by atoms with E-state index in [1.54, 1.807) is 30.3 Å². The van der Waals surface area contributed by atoms with Crippen LogP contribution < -0.4 is 38.1 Å². The van der Waals surface area contributed by atoms with Gasteiger partial charge >= 0.3 is 0 Å². The first kappa shape index (κ1) is 46.6. The van der Waals surface area contributed by atoms with Gasteiger partial charge in [0.25, 0.3) is 0 Å². The summed E-state index contributed by atoms with van der Waals surface area (Å²) in [5.41, 5.74) is 32.1. The van der Waals surface area contributed by atoms with Crippen molar-refractivity contribution in [2.24, 2.45) is 22.9 Å². The highest BCUT2D eigenvalue weighted by Gasteiger charge is 2.31. The predicted octanol–water partition coefficient (Wildman–Crippen LogP) is 5.87. The van der Waals surface area contributed by atoms with E-state index < -0.39 is 0 Å². The Kier molecular flexibility index (Phi) is 15.9. The first-order chi connectivity index (χ1) is 32.2. The van der Waals surface area contributed by atoms with Gasteiger partial charge in [0.15, 0.2) is 5.76 Å². The highest BCUT2D eigenvalue weighted by molar-refractivity contribution is 5.76. The number of phenols is 1. The van der Waals surface area contributed by atoms with Crippen molar-refractivity contribution in [3.05, 3.63) is 113 Å². The molecule has 3 fully saturated rings. The second-order valence-corrected chi connectivity index (χ2v) is 18.4. The number of aryl methyl sites for hydroxylation is 1. The summed E-state index contributed by atoms with van der Waals surface area (Å²) >= 11 is 0. The summed E-state index contributed by atoms with van der Waals surface area (Å²) in [6, 6.07) is 22.6. The van der Waals surface area contributed by atoms with Crippen LogP contribution in [0.25, 0.3) is 5.70 Å². The van der Waals surface area contributed by atoms with Crippen molar-refractivity contribution in [2.75, 3.05) is 54.4 Å². The fraction of sp³-hybridized carbons (Fsp3) is 0.500. The molecule has 16 heteroatoms. The third-order valence-electron chi connectivity index (χ3n) is 13.6. The third kappa shape index (κ3) is 12.3. The van der Waals surface area contributed by atoms with E-state index in [9.17, 15) is 9.90 Å². The van der Waals surface area contributed by atoms with Crippen LogP contribution in [0, 0.1) is 0 Å². The summed E-state index contributed by atoms with van der Waals surface area (Å²) in [5, 5.41) is 24.7. The zero-order valence-electron chi connectivity index (χ0n) is 38.4. The molecule has 10 N–H and O–H groups in total. The minimum Gasteiger partial charge on any atom is -0.507 e. The molecular weight excluding hydrogens is 833 g/mol. The van der Waals surface area contributed by atoms with Crippen molar-refractivity contribution >= 4 is 28.7 Å². The van der Waals surface area contributed by atoms with Crippen LogP contribution in [0.3, 0.4) is 0 Å². The molecule has 16 nitrogen and oxygen atoms in total. The fourth-order valence-electron chi connectivity index (χ4n) is 9.76. The molecule has 0 bridgehead atoms. The highest BCUT2D eigenvalue weighted by atomic mass is 16.7. The molecule has 354 valence electrons. The lowest BCUT2D eigenvalue weighted by Crippen LogP contribution is -2.48. The number of para-hydroxylation sites is 1. The average Bonchev–Trinajstić information content (AvgIpc) is 4.00. The number of nitrogens with two attached hydrogens (primary N) is 4. The summed E-state index contributed by atoms with van der Waals surface area (Å²) in [6.07, 6.45) is 15.6. The van der Waals surface area contributed by atoms with Gasteiger partial charge in [-0.05, 0) is 93.0 Å². The zero-order chi connectivity index (χ0) is 45.8. The van der Waals surface area contributed by atoms with Crippen molar-refractivity contribution in [1.82, 2.24) is 25.0 Å². The molecule has 0 radical (unpaired) electrons. The number of rotatable bonds is 19. The molecular formula is C50H70N12O4. The second kappa shape index (κ2) is 22.5. The van der Waals surface area contributed by atoms with Gasteiger partial charge in [-0.25, -0.2) is 0 Å². The van der Waals surface area contributed by atoms with Crippen molar-refractivity contribution in [1.29, 1.82) is 0 Å². The van der Waals surface area contributed by atoms with Crippen LogP contribution in [-0.2, 0) is 40.6 Å². The molecule has 8 rings (SSSR count). The van der Waals surface area contributed by atoms with E-state index in [0.717, 1.165) is 139 Å². The van der Waals surface area contributed by atoms with E-state index in [1.807, 2.05) is 15.8 Å². The van der Waals surface area contributed by atoms with Gasteiger partial charge in [0.1, 0.15) is 23.4 Å². The Morgan fingerprint density at radius 1 is 0.864 bits per heavy atom. The number of carbonyl (C=O) groups excluding carboxylic acids is 1. The Bertz CT molecular complexity index is 2270. The molecule has 1 aromatic heterocycles. The third-order valence-corrected chi connectivity index (χ3v) is 13.6. The molecule has 2 saturated heterocycles. The first-order valence-electron chi connectivity index (χ1n) is 24.1. The number of hydrogen-bond donors (Lipinski definition) is 6. The maximum atomic E-state index is 13.1. The van der Waals surface area contributed by atoms with E-state index in [1.165, 1.54) is 11.1 Å². The molecule has 4 aliphatic rings. The van der Waals surface area contributed by atoms with Gasteiger partial charge in [-0.1, -0.05) is 55.2 Å². The summed E-state index contributed by atoms with van der Waals surface area (Å²) in [7, 11) is 0. The minimum atomic E-state index is -0.132. The molecule has 1 aliphatic carbocycles. The van der Waals surface area contributed by atoms with E-state index in [2.05, 4.69) is 73.0 Å². The van der Waals surface area contributed by atoms with E-state index >= 15 is 0 Å². The Balaban J connectivity index is 0.678. The van der Waals surface area contributed by atoms with Gasteiger partial charge in [0, 0.05) is 104 Å². The molecule has 3 atom stereocenters. The number of hydrogen-bond acceptors (Lipinski definition) is 14. The van der Waals surface area contributed by atoms with Crippen molar-refractivity contribution in [3.8, 4) is 5.75 Å². The number of anilines is 3. The number of aromatic nitrogens is 3. The molecule has 0 spiro atoms. The Morgan fingerprint density at radius 3 is 2.38 bits per heavy atom. The lowest BCUT2D eigenvalue weighted by molar-refractivity contribution is -0.211. The molecule has 66 heavy (non-hydrogen) atoms. The molecule has 3 aliphatic heterocycles. The van der Waals surface area contributed by atoms with Gasteiger partial charge in [-0.3, -0.25) is 14.3 Å². The largest absolute Gasteiger partial charge is 0.507 e. The Morgan fingerprint density at radius 2 is 1.62 bits per heavy atom. The number of fused-ring (bicyclic) bond motifs is 1. The van der Waals surface area contributed by atoms with Crippen LogP contribution in [0.1, 0.15) is 99.4 Å². The molecule has 4 aromatic rings. The van der Waals surface area contributed by atoms with Crippen LogP contribution in [0.5, 0.6) is 5.75 Å². The second-order valence-electron chi connectivity index (χ2n) is 18.4. The topological polar surface area (TPSA) is 216 Å². The number of piperidine rings is 1. The van der Waals surface area contributed by atoms with E-state index in [0.29, 0.717) is 49.2 Å². The van der Waals surface area contributed by atoms with Gasteiger partial charge in [-0.2, -0.15) is 5.06 Å². The summed E-state index contributed by atoms with van der Waals surface area (Å²) < 4.78 is 8.24. The van der Waals surface area contributed by atoms with Crippen LogP contribution in [0.4, 0.5) is 17.1 Å². The number of nitrogens with zero attached hydrogens (tertiary/aromatic N) is 7. The first-order valence-corrected chi connectivity index (χ1v) is 24.1. The maximum Gasteiger partial charge on any atom is 0.222 e. The van der Waals surface area contributed by atoms with Crippen molar-refractivity contribution in [3.63, 3.8) is 0 Å². The number of unbranched alkanes of at least 4 members (excludes halogenated alkanes) is 5. The maximum absolute atomic E-state index is 13.1. The SMILES string of the molecule is NC(N)=C(/C=C(\N)c1ccccc1O)OC1CCCN(c2ccc(N3CCN(C(=O)CCCCCCCCn4cc(CNc5cccc6c5CON(C5CCC(N)C5)C6)nn4)CC3)cc2)C1.